The second kappa shape index (κ2) is 4.63. The molecular formula is C14H22. The monoisotopic (exact) mass is 190 g/mol. The predicted molar refractivity (Wildman–Crippen MR) is 63.8 cm³/mol. The lowest BCUT2D eigenvalue weighted by Crippen LogP contribution is -1.96. The van der Waals surface area contributed by atoms with Gasteiger partial charge in [-0.15, -0.1) is 0 Å². The van der Waals surface area contributed by atoms with Crippen LogP contribution in [0.3, 0.4) is 0 Å². The van der Waals surface area contributed by atoms with Crippen molar-refractivity contribution < 1.29 is 0 Å². The molecule has 0 aliphatic heterocycles. The fourth-order valence-electron chi connectivity index (χ4n) is 1.73. The Balaban J connectivity index is 2.82. The van der Waals surface area contributed by atoms with Crippen molar-refractivity contribution in [3.8, 4) is 0 Å². The lowest BCUT2D eigenvalue weighted by atomic mass is 9.95. The molecule has 0 amide bonds. The van der Waals surface area contributed by atoms with Crippen molar-refractivity contribution in [3.63, 3.8) is 0 Å². The molecule has 0 spiro atoms. The molecule has 1 rings (SSSR count). The summed E-state index contributed by atoms with van der Waals surface area (Å²) >= 11 is 0. The summed E-state index contributed by atoms with van der Waals surface area (Å²) in [5.41, 5.74) is 5.82. The molecule has 0 atom stereocenters. The maximum atomic E-state index is 2.35. The minimum absolute atomic E-state index is 0.802. The molecule has 0 N–H and O–H groups in total. The summed E-state index contributed by atoms with van der Waals surface area (Å²) in [4.78, 5) is 0. The highest BCUT2D eigenvalue weighted by Crippen LogP contribution is 2.18. The van der Waals surface area contributed by atoms with E-state index in [0.29, 0.717) is 0 Å². The van der Waals surface area contributed by atoms with E-state index in [1.54, 1.807) is 0 Å². The molecule has 1 aromatic rings. The van der Waals surface area contributed by atoms with Crippen LogP contribution in [0.4, 0.5) is 0 Å². The van der Waals surface area contributed by atoms with Crippen LogP contribution >= 0.6 is 0 Å². The van der Waals surface area contributed by atoms with E-state index < -0.39 is 0 Å². The van der Waals surface area contributed by atoms with Gasteiger partial charge in [0.2, 0.25) is 0 Å². The Morgan fingerprint density at radius 1 is 0.929 bits per heavy atom. The van der Waals surface area contributed by atoms with Crippen LogP contribution in [0, 0.1) is 26.7 Å². The maximum absolute atomic E-state index is 2.35. The van der Waals surface area contributed by atoms with E-state index in [0.717, 1.165) is 5.92 Å². The minimum Gasteiger partial charge on any atom is -0.0628 e. The van der Waals surface area contributed by atoms with Gasteiger partial charge in [0.05, 0.1) is 0 Å². The Bertz CT molecular complexity index is 308. The molecule has 0 aliphatic carbocycles. The standard InChI is InChI=1S/C14H22/c1-10(2)6-7-14-9-12(4)11(3)8-13(14)5/h8-10H,6-7H2,1-5H3. The summed E-state index contributed by atoms with van der Waals surface area (Å²) < 4.78 is 0. The first-order valence-electron chi connectivity index (χ1n) is 5.57. The summed E-state index contributed by atoms with van der Waals surface area (Å²) in [6.45, 7) is 11.2. The molecule has 14 heavy (non-hydrogen) atoms. The molecule has 0 nitrogen and oxygen atoms in total. The molecule has 0 saturated heterocycles. The molecule has 0 unspecified atom stereocenters. The van der Waals surface area contributed by atoms with E-state index >= 15 is 0 Å². The van der Waals surface area contributed by atoms with Crippen LogP contribution in [0.15, 0.2) is 12.1 Å². The van der Waals surface area contributed by atoms with E-state index in [1.807, 2.05) is 0 Å². The highest BCUT2D eigenvalue weighted by atomic mass is 14.1. The van der Waals surface area contributed by atoms with Gasteiger partial charge in [-0.05, 0) is 61.8 Å². The topological polar surface area (TPSA) is 0 Å². The normalized spacial score (nSPS) is 11.0. The van der Waals surface area contributed by atoms with Gasteiger partial charge in [-0.2, -0.15) is 0 Å². The fraction of sp³-hybridized carbons (Fsp3) is 0.571. The minimum atomic E-state index is 0.802. The quantitative estimate of drug-likeness (QED) is 0.670. The molecule has 0 saturated carbocycles. The summed E-state index contributed by atoms with van der Waals surface area (Å²) in [6.07, 6.45) is 2.52. The van der Waals surface area contributed by atoms with Crippen molar-refractivity contribution in [2.24, 2.45) is 5.92 Å². The average molecular weight is 190 g/mol. The lowest BCUT2D eigenvalue weighted by Gasteiger charge is -2.11. The van der Waals surface area contributed by atoms with E-state index in [1.165, 1.54) is 35.1 Å². The van der Waals surface area contributed by atoms with Crippen LogP contribution in [0.5, 0.6) is 0 Å². The zero-order valence-corrected chi connectivity index (χ0v) is 10.1. The van der Waals surface area contributed by atoms with E-state index in [2.05, 4.69) is 46.8 Å². The van der Waals surface area contributed by atoms with Crippen molar-refractivity contribution in [1.29, 1.82) is 0 Å². The molecule has 0 heteroatoms. The largest absolute Gasteiger partial charge is 0.0628 e. The van der Waals surface area contributed by atoms with Gasteiger partial charge in [-0.3, -0.25) is 0 Å². The van der Waals surface area contributed by atoms with Crippen molar-refractivity contribution in [2.45, 2.75) is 47.5 Å². The molecule has 1 aromatic carbocycles. The number of hydrogen-bond donors (Lipinski definition) is 0. The highest BCUT2D eigenvalue weighted by molar-refractivity contribution is 5.36. The third-order valence-corrected chi connectivity index (χ3v) is 2.94. The third kappa shape index (κ3) is 2.87. The first kappa shape index (κ1) is 11.3. The van der Waals surface area contributed by atoms with Crippen LogP contribution in [-0.4, -0.2) is 0 Å². The van der Waals surface area contributed by atoms with Gasteiger partial charge in [0, 0.05) is 0 Å². The summed E-state index contributed by atoms with van der Waals surface area (Å²) in [7, 11) is 0. The van der Waals surface area contributed by atoms with Gasteiger partial charge in [0.15, 0.2) is 0 Å². The van der Waals surface area contributed by atoms with Crippen molar-refractivity contribution in [1.82, 2.24) is 0 Å². The van der Waals surface area contributed by atoms with Gasteiger partial charge in [0.1, 0.15) is 0 Å². The second-order valence-corrected chi connectivity index (χ2v) is 4.80. The zero-order chi connectivity index (χ0) is 10.7. The number of aryl methyl sites for hydroxylation is 4. The number of rotatable bonds is 3. The lowest BCUT2D eigenvalue weighted by molar-refractivity contribution is 0.585. The van der Waals surface area contributed by atoms with E-state index in [4.69, 9.17) is 0 Å². The second-order valence-electron chi connectivity index (χ2n) is 4.80. The molecule has 0 aromatic heterocycles. The summed E-state index contributed by atoms with van der Waals surface area (Å²) in [5, 5.41) is 0. The Labute approximate surface area is 88.4 Å². The molecule has 0 fully saturated rings. The molecule has 0 heterocycles. The average Bonchev–Trinajstić information content (AvgIpc) is 2.09. The number of hydrogen-bond acceptors (Lipinski definition) is 0. The van der Waals surface area contributed by atoms with Gasteiger partial charge >= 0.3 is 0 Å². The van der Waals surface area contributed by atoms with Crippen molar-refractivity contribution >= 4 is 0 Å². The SMILES string of the molecule is Cc1cc(C)c(CCC(C)C)cc1C. The Kier molecular flexibility index (Phi) is 3.74. The fourth-order valence-corrected chi connectivity index (χ4v) is 1.73. The van der Waals surface area contributed by atoms with Crippen LogP contribution in [0.25, 0.3) is 0 Å². The van der Waals surface area contributed by atoms with Gasteiger partial charge in [-0.1, -0.05) is 26.0 Å². The summed E-state index contributed by atoms with van der Waals surface area (Å²) in [5.74, 6) is 0.802. The smallest absolute Gasteiger partial charge is 0.0274 e. The van der Waals surface area contributed by atoms with Gasteiger partial charge < -0.3 is 0 Å². The molecular weight excluding hydrogens is 168 g/mol. The highest BCUT2D eigenvalue weighted by Gasteiger charge is 2.02. The molecule has 0 radical (unpaired) electrons. The molecule has 0 aliphatic rings. The van der Waals surface area contributed by atoms with Crippen molar-refractivity contribution in [2.75, 3.05) is 0 Å². The maximum Gasteiger partial charge on any atom is -0.0274 e. The number of benzene rings is 1. The predicted octanol–water partition coefficient (Wildman–Crippen LogP) is 4.20. The molecule has 78 valence electrons. The van der Waals surface area contributed by atoms with Crippen LogP contribution in [0.2, 0.25) is 0 Å². The Morgan fingerprint density at radius 2 is 1.50 bits per heavy atom. The van der Waals surface area contributed by atoms with Gasteiger partial charge in [0.25, 0.3) is 0 Å². The van der Waals surface area contributed by atoms with E-state index in [-0.39, 0.29) is 0 Å². The third-order valence-electron chi connectivity index (χ3n) is 2.94. The first-order valence-corrected chi connectivity index (χ1v) is 5.57. The van der Waals surface area contributed by atoms with Crippen LogP contribution < -0.4 is 0 Å². The van der Waals surface area contributed by atoms with Crippen molar-refractivity contribution in [3.05, 3.63) is 34.4 Å². The van der Waals surface area contributed by atoms with Crippen LogP contribution in [-0.2, 0) is 6.42 Å². The molecule has 0 bridgehead atoms. The Hall–Kier alpha value is -0.780. The van der Waals surface area contributed by atoms with Gasteiger partial charge in [-0.25, -0.2) is 0 Å². The van der Waals surface area contributed by atoms with E-state index in [9.17, 15) is 0 Å². The van der Waals surface area contributed by atoms with Crippen LogP contribution in [0.1, 0.15) is 42.5 Å². The summed E-state index contributed by atoms with van der Waals surface area (Å²) in [6, 6.07) is 4.66. The Morgan fingerprint density at radius 3 is 2.07 bits per heavy atom. The first-order chi connectivity index (χ1) is 6.50. The zero-order valence-electron chi connectivity index (χ0n) is 10.1.